The van der Waals surface area contributed by atoms with Crippen molar-refractivity contribution in [1.82, 2.24) is 4.90 Å². The van der Waals surface area contributed by atoms with Gasteiger partial charge in [-0.3, -0.25) is 4.90 Å². The van der Waals surface area contributed by atoms with Crippen LogP contribution in [0.2, 0.25) is 0 Å². The van der Waals surface area contributed by atoms with Gasteiger partial charge in [-0.25, -0.2) is 0 Å². The van der Waals surface area contributed by atoms with Crippen LogP contribution in [0.4, 0.5) is 0 Å². The second-order valence-electron chi connectivity index (χ2n) is 6.23. The first-order valence-electron chi connectivity index (χ1n) is 7.90. The van der Waals surface area contributed by atoms with Gasteiger partial charge in [-0.1, -0.05) is 24.3 Å². The summed E-state index contributed by atoms with van der Waals surface area (Å²) in [4.78, 5) is 2.39. The topological polar surface area (TPSA) is 38.5 Å². The predicted molar refractivity (Wildman–Crippen MR) is 81.8 cm³/mol. The summed E-state index contributed by atoms with van der Waals surface area (Å²) in [5.74, 6) is 0.774. The minimum absolute atomic E-state index is 0.316. The molecule has 1 heterocycles. The second-order valence-corrected chi connectivity index (χ2v) is 6.23. The average Bonchev–Trinajstić information content (AvgIpc) is 3.19. The van der Waals surface area contributed by atoms with E-state index in [9.17, 15) is 0 Å². The first kappa shape index (κ1) is 14.1. The van der Waals surface area contributed by atoms with Crippen molar-refractivity contribution < 1.29 is 4.74 Å². The number of nitrogens with two attached hydrogens (primary N) is 1. The first-order valence-corrected chi connectivity index (χ1v) is 7.90. The molecule has 2 aliphatic rings. The largest absolute Gasteiger partial charge is 0.377 e. The SMILES string of the molecule is CN(CC1CCCO1)C(CN)c1ccccc1C1CC1. The molecule has 0 radical (unpaired) electrons. The molecule has 2 fully saturated rings. The zero-order valence-corrected chi connectivity index (χ0v) is 12.4. The van der Waals surface area contributed by atoms with E-state index in [0.717, 1.165) is 19.1 Å². The van der Waals surface area contributed by atoms with Crippen LogP contribution in [0.1, 0.15) is 48.8 Å². The van der Waals surface area contributed by atoms with E-state index in [1.54, 1.807) is 0 Å². The van der Waals surface area contributed by atoms with E-state index in [1.165, 1.54) is 36.8 Å². The van der Waals surface area contributed by atoms with Crippen LogP contribution in [0, 0.1) is 0 Å². The molecule has 1 aliphatic heterocycles. The lowest BCUT2D eigenvalue weighted by Crippen LogP contribution is -2.36. The highest BCUT2D eigenvalue weighted by atomic mass is 16.5. The summed E-state index contributed by atoms with van der Waals surface area (Å²) in [6.45, 7) is 2.58. The third kappa shape index (κ3) is 3.05. The van der Waals surface area contributed by atoms with E-state index < -0.39 is 0 Å². The molecule has 2 N–H and O–H groups in total. The highest BCUT2D eigenvalue weighted by molar-refractivity contribution is 5.35. The molecule has 20 heavy (non-hydrogen) atoms. The Hall–Kier alpha value is -0.900. The number of likely N-dealkylation sites (N-methyl/N-ethyl adjacent to an activating group) is 1. The average molecular weight is 274 g/mol. The number of benzene rings is 1. The van der Waals surface area contributed by atoms with Gasteiger partial charge in [0.05, 0.1) is 6.10 Å². The fraction of sp³-hybridized carbons (Fsp3) is 0.647. The summed E-state index contributed by atoms with van der Waals surface area (Å²) < 4.78 is 5.76. The molecular weight excluding hydrogens is 248 g/mol. The Balaban J connectivity index is 1.74. The third-order valence-corrected chi connectivity index (χ3v) is 4.64. The quantitative estimate of drug-likeness (QED) is 0.867. The Morgan fingerprint density at radius 3 is 2.75 bits per heavy atom. The number of rotatable bonds is 6. The zero-order valence-electron chi connectivity index (χ0n) is 12.4. The van der Waals surface area contributed by atoms with E-state index in [1.807, 2.05) is 0 Å². The smallest absolute Gasteiger partial charge is 0.0702 e. The van der Waals surface area contributed by atoms with E-state index in [4.69, 9.17) is 10.5 Å². The van der Waals surface area contributed by atoms with Gasteiger partial charge >= 0.3 is 0 Å². The van der Waals surface area contributed by atoms with Crippen LogP contribution in [0.3, 0.4) is 0 Å². The van der Waals surface area contributed by atoms with E-state index >= 15 is 0 Å². The fourth-order valence-corrected chi connectivity index (χ4v) is 3.36. The Morgan fingerprint density at radius 1 is 1.30 bits per heavy atom. The summed E-state index contributed by atoms with van der Waals surface area (Å²) in [6.07, 6.45) is 5.45. The maximum atomic E-state index is 6.09. The maximum Gasteiger partial charge on any atom is 0.0702 e. The summed E-state index contributed by atoms with van der Waals surface area (Å²) in [5, 5.41) is 0. The van der Waals surface area contributed by atoms with Gasteiger partial charge in [-0.05, 0) is 49.8 Å². The Kier molecular flexibility index (Phi) is 4.39. The molecule has 2 unspecified atom stereocenters. The van der Waals surface area contributed by atoms with Gasteiger partial charge in [0.2, 0.25) is 0 Å². The van der Waals surface area contributed by atoms with Crippen LogP contribution in [-0.2, 0) is 4.74 Å². The van der Waals surface area contributed by atoms with Crippen molar-refractivity contribution in [3.8, 4) is 0 Å². The molecule has 3 nitrogen and oxygen atoms in total. The van der Waals surface area contributed by atoms with E-state index in [0.29, 0.717) is 18.7 Å². The Morgan fingerprint density at radius 2 is 2.10 bits per heavy atom. The Bertz CT molecular complexity index is 438. The lowest BCUT2D eigenvalue weighted by atomic mass is 9.96. The predicted octanol–water partition coefficient (Wildman–Crippen LogP) is 2.67. The first-order chi connectivity index (χ1) is 9.79. The molecule has 3 rings (SSSR count). The van der Waals surface area contributed by atoms with Gasteiger partial charge in [0, 0.05) is 25.7 Å². The van der Waals surface area contributed by atoms with Gasteiger partial charge in [0.1, 0.15) is 0 Å². The lowest BCUT2D eigenvalue weighted by Gasteiger charge is -2.30. The molecule has 1 aromatic rings. The van der Waals surface area contributed by atoms with Crippen molar-refractivity contribution in [2.75, 3.05) is 26.7 Å². The minimum atomic E-state index is 0.316. The molecule has 0 amide bonds. The van der Waals surface area contributed by atoms with Crippen LogP contribution in [0.25, 0.3) is 0 Å². The summed E-state index contributed by atoms with van der Waals surface area (Å²) in [7, 11) is 2.18. The lowest BCUT2D eigenvalue weighted by molar-refractivity contribution is 0.0688. The van der Waals surface area contributed by atoms with Crippen LogP contribution < -0.4 is 5.73 Å². The number of hydrogen-bond donors (Lipinski definition) is 1. The van der Waals surface area contributed by atoms with Gasteiger partial charge < -0.3 is 10.5 Å². The molecule has 0 aromatic heterocycles. The summed E-state index contributed by atoms with van der Waals surface area (Å²) in [6, 6.07) is 9.16. The van der Waals surface area contributed by atoms with Crippen molar-refractivity contribution in [3.63, 3.8) is 0 Å². The summed E-state index contributed by atoms with van der Waals surface area (Å²) in [5.41, 5.74) is 9.03. The van der Waals surface area contributed by atoms with Crippen molar-refractivity contribution in [1.29, 1.82) is 0 Å². The summed E-state index contributed by atoms with van der Waals surface area (Å²) >= 11 is 0. The van der Waals surface area contributed by atoms with Gasteiger partial charge in [-0.15, -0.1) is 0 Å². The maximum absolute atomic E-state index is 6.09. The van der Waals surface area contributed by atoms with E-state index in [2.05, 4.69) is 36.2 Å². The molecule has 1 aliphatic carbocycles. The normalized spacial score (nSPS) is 24.2. The molecular formula is C17H26N2O. The molecule has 3 heteroatoms. The molecule has 1 saturated carbocycles. The van der Waals surface area contributed by atoms with Crippen molar-refractivity contribution in [2.45, 2.75) is 43.7 Å². The third-order valence-electron chi connectivity index (χ3n) is 4.64. The second kappa shape index (κ2) is 6.25. The zero-order chi connectivity index (χ0) is 13.9. The molecule has 0 bridgehead atoms. The van der Waals surface area contributed by atoms with Crippen molar-refractivity contribution in [3.05, 3.63) is 35.4 Å². The fourth-order valence-electron chi connectivity index (χ4n) is 3.36. The number of hydrogen-bond acceptors (Lipinski definition) is 3. The standard InChI is InChI=1S/C17H26N2O/c1-19(12-14-5-4-10-20-14)17(11-18)16-7-3-2-6-15(16)13-8-9-13/h2-3,6-7,13-14,17H,4-5,8-12,18H2,1H3. The number of nitrogens with zero attached hydrogens (tertiary/aromatic N) is 1. The highest BCUT2D eigenvalue weighted by Gasteiger charge is 2.29. The Labute approximate surface area is 122 Å². The molecule has 0 spiro atoms. The van der Waals surface area contributed by atoms with Crippen LogP contribution in [0.5, 0.6) is 0 Å². The molecule has 1 saturated heterocycles. The van der Waals surface area contributed by atoms with Crippen LogP contribution >= 0.6 is 0 Å². The van der Waals surface area contributed by atoms with Crippen LogP contribution in [-0.4, -0.2) is 37.7 Å². The minimum Gasteiger partial charge on any atom is -0.377 e. The van der Waals surface area contributed by atoms with Gasteiger partial charge in [0.15, 0.2) is 0 Å². The molecule has 110 valence electrons. The van der Waals surface area contributed by atoms with Crippen LogP contribution in [0.15, 0.2) is 24.3 Å². The van der Waals surface area contributed by atoms with Gasteiger partial charge in [0.25, 0.3) is 0 Å². The van der Waals surface area contributed by atoms with Crippen molar-refractivity contribution >= 4 is 0 Å². The highest BCUT2D eigenvalue weighted by Crippen LogP contribution is 2.43. The van der Waals surface area contributed by atoms with Crippen molar-refractivity contribution in [2.24, 2.45) is 5.73 Å². The monoisotopic (exact) mass is 274 g/mol. The van der Waals surface area contributed by atoms with E-state index in [-0.39, 0.29) is 0 Å². The van der Waals surface area contributed by atoms with Gasteiger partial charge in [-0.2, -0.15) is 0 Å². The number of ether oxygens (including phenoxy) is 1. The molecule has 1 aromatic carbocycles. The molecule has 2 atom stereocenters.